The number of aromatic nitrogens is 7. The second kappa shape index (κ2) is 8.51. The fourth-order valence-corrected chi connectivity index (χ4v) is 3.61. The lowest BCUT2D eigenvalue weighted by atomic mass is 10.2. The molecular weight excluding hydrogens is 489 g/mol. The highest BCUT2D eigenvalue weighted by Crippen LogP contribution is 2.32. The van der Waals surface area contributed by atoms with Crippen LogP contribution in [0.4, 0.5) is 13.2 Å². The Balaban J connectivity index is 1.35. The number of amides is 1. The summed E-state index contributed by atoms with van der Waals surface area (Å²) in [6.45, 7) is 1.66. The van der Waals surface area contributed by atoms with Gasteiger partial charge in [0.2, 0.25) is 5.76 Å². The predicted molar refractivity (Wildman–Crippen MR) is 117 cm³/mol. The number of nitrogens with zero attached hydrogens (tertiary/aromatic N) is 5. The van der Waals surface area contributed by atoms with E-state index < -0.39 is 23.7 Å². The van der Waals surface area contributed by atoms with Gasteiger partial charge < -0.3 is 19.8 Å². The van der Waals surface area contributed by atoms with Gasteiger partial charge >= 0.3 is 6.18 Å². The van der Waals surface area contributed by atoms with Crippen LogP contribution in [0, 0.1) is 0 Å². The minimum Gasteiger partial charge on any atom is -0.353 e. The van der Waals surface area contributed by atoms with E-state index in [-0.39, 0.29) is 33.5 Å². The molecule has 0 saturated heterocycles. The van der Waals surface area contributed by atoms with E-state index in [1.807, 2.05) is 0 Å². The molecule has 1 aromatic carbocycles. The first-order valence-electron chi connectivity index (χ1n) is 10.1. The first-order chi connectivity index (χ1) is 16.7. The maximum atomic E-state index is 13.0. The van der Waals surface area contributed by atoms with Gasteiger partial charge in [-0.3, -0.25) is 4.79 Å². The van der Waals surface area contributed by atoms with E-state index in [4.69, 9.17) is 16.1 Å². The van der Waals surface area contributed by atoms with Crippen molar-refractivity contribution in [3.05, 3.63) is 65.0 Å². The van der Waals surface area contributed by atoms with Crippen LogP contribution in [0.3, 0.4) is 0 Å². The normalized spacial score (nSPS) is 12.7. The summed E-state index contributed by atoms with van der Waals surface area (Å²) in [5.74, 6) is 0.184. The fourth-order valence-electron chi connectivity index (χ4n) is 3.33. The number of rotatable bonds is 5. The molecule has 14 heteroatoms. The molecule has 0 bridgehead atoms. The molecule has 0 aliphatic carbocycles. The van der Waals surface area contributed by atoms with Gasteiger partial charge in [-0.15, -0.1) is 0 Å². The molecule has 1 unspecified atom stereocenters. The van der Waals surface area contributed by atoms with Crippen molar-refractivity contribution >= 4 is 28.5 Å². The van der Waals surface area contributed by atoms with Gasteiger partial charge in [0.05, 0.1) is 22.6 Å². The largest absolute Gasteiger partial charge is 0.416 e. The maximum Gasteiger partial charge on any atom is 0.416 e. The van der Waals surface area contributed by atoms with Crippen LogP contribution in [0.15, 0.2) is 47.5 Å². The minimum atomic E-state index is -4.47. The number of nitrogens with one attached hydrogen (secondary N) is 3. The van der Waals surface area contributed by atoms with Gasteiger partial charge in [-0.05, 0) is 25.1 Å². The predicted octanol–water partition coefficient (Wildman–Crippen LogP) is 4.56. The summed E-state index contributed by atoms with van der Waals surface area (Å²) in [6, 6.07) is 4.07. The lowest BCUT2D eigenvalue weighted by Crippen LogP contribution is -2.28. The van der Waals surface area contributed by atoms with Crippen LogP contribution < -0.4 is 5.32 Å². The smallest absolute Gasteiger partial charge is 0.353 e. The Kier molecular flexibility index (Phi) is 5.47. The second-order valence-corrected chi connectivity index (χ2v) is 7.83. The molecule has 0 radical (unpaired) electrons. The third-order valence-corrected chi connectivity index (χ3v) is 5.45. The van der Waals surface area contributed by atoms with Crippen molar-refractivity contribution in [1.82, 2.24) is 40.4 Å². The zero-order chi connectivity index (χ0) is 24.7. The van der Waals surface area contributed by atoms with Crippen LogP contribution in [-0.4, -0.2) is 41.0 Å². The van der Waals surface area contributed by atoms with Gasteiger partial charge in [0.1, 0.15) is 22.7 Å². The molecule has 5 rings (SSSR count). The Morgan fingerprint density at radius 1 is 1.17 bits per heavy atom. The maximum absolute atomic E-state index is 13.0. The quantitative estimate of drug-likeness (QED) is 0.320. The molecule has 1 amide bonds. The Morgan fingerprint density at radius 2 is 2.00 bits per heavy atom. The minimum absolute atomic E-state index is 0.0218. The zero-order valence-electron chi connectivity index (χ0n) is 17.7. The first kappa shape index (κ1) is 22.5. The summed E-state index contributed by atoms with van der Waals surface area (Å²) < 4.78 is 44.2. The SMILES string of the molecule is CC(NC(=O)c1ncnc(-c2ncc[nH]2)c1Cl)c1cc(-c2nc3ccc(C(F)(F)F)cc3[nH]2)on1. The molecule has 10 nitrogen and oxygen atoms in total. The Labute approximate surface area is 199 Å². The van der Waals surface area contributed by atoms with Crippen molar-refractivity contribution in [2.24, 2.45) is 0 Å². The number of halogens is 4. The summed E-state index contributed by atoms with van der Waals surface area (Å²) in [7, 11) is 0. The molecule has 0 aliphatic rings. The number of benzene rings is 1. The molecule has 4 heterocycles. The Morgan fingerprint density at radius 3 is 2.74 bits per heavy atom. The van der Waals surface area contributed by atoms with Crippen LogP contribution in [0.1, 0.15) is 34.7 Å². The molecule has 178 valence electrons. The Bertz CT molecular complexity index is 1530. The van der Waals surface area contributed by atoms with E-state index >= 15 is 0 Å². The summed E-state index contributed by atoms with van der Waals surface area (Å²) >= 11 is 6.32. The van der Waals surface area contributed by atoms with Gasteiger partial charge in [-0.1, -0.05) is 16.8 Å². The topological polar surface area (TPSA) is 138 Å². The van der Waals surface area contributed by atoms with Gasteiger partial charge in [0.15, 0.2) is 17.3 Å². The van der Waals surface area contributed by atoms with E-state index in [1.165, 1.54) is 24.7 Å². The average molecular weight is 503 g/mol. The Hall–Kier alpha value is -4.26. The van der Waals surface area contributed by atoms with Gasteiger partial charge in [0, 0.05) is 18.5 Å². The molecule has 5 aromatic rings. The third kappa shape index (κ3) is 4.33. The number of imidazole rings is 2. The van der Waals surface area contributed by atoms with Crippen LogP contribution in [0.5, 0.6) is 0 Å². The van der Waals surface area contributed by atoms with E-state index in [0.29, 0.717) is 17.0 Å². The van der Waals surface area contributed by atoms with Crippen LogP contribution in [0.25, 0.3) is 34.1 Å². The number of hydrogen-bond acceptors (Lipinski definition) is 7. The highest BCUT2D eigenvalue weighted by Gasteiger charge is 2.31. The van der Waals surface area contributed by atoms with Crippen molar-refractivity contribution in [1.29, 1.82) is 0 Å². The van der Waals surface area contributed by atoms with Crippen molar-refractivity contribution in [3.8, 4) is 23.1 Å². The van der Waals surface area contributed by atoms with E-state index in [1.54, 1.807) is 13.1 Å². The van der Waals surface area contributed by atoms with Crippen molar-refractivity contribution in [2.45, 2.75) is 19.1 Å². The monoisotopic (exact) mass is 502 g/mol. The number of aromatic amines is 2. The van der Waals surface area contributed by atoms with Gasteiger partial charge in [-0.25, -0.2) is 19.9 Å². The molecule has 0 aliphatic heterocycles. The van der Waals surface area contributed by atoms with Crippen LogP contribution in [0.2, 0.25) is 5.02 Å². The molecule has 0 saturated carbocycles. The summed E-state index contributed by atoms with van der Waals surface area (Å²) in [5, 5.41) is 6.68. The zero-order valence-corrected chi connectivity index (χ0v) is 18.4. The highest BCUT2D eigenvalue weighted by atomic mass is 35.5. The second-order valence-electron chi connectivity index (χ2n) is 7.45. The standard InChI is InChI=1S/C21H14ClF3N8O2/c1-9(30-20(34)17-15(22)16(28-8-29-17)19-26-4-5-27-19)12-7-14(35-33-12)18-31-11-3-2-10(21(23,24)25)6-13(11)32-18/h2-9H,1H3,(H,26,27)(H,30,34)(H,31,32). The first-order valence-corrected chi connectivity index (χ1v) is 10.4. The van der Waals surface area contributed by atoms with E-state index in [0.717, 1.165) is 12.1 Å². The van der Waals surface area contributed by atoms with Crippen LogP contribution >= 0.6 is 11.6 Å². The van der Waals surface area contributed by atoms with E-state index in [2.05, 4.69) is 40.4 Å². The highest BCUT2D eigenvalue weighted by molar-refractivity contribution is 6.35. The van der Waals surface area contributed by atoms with Crippen molar-refractivity contribution in [2.75, 3.05) is 0 Å². The molecule has 35 heavy (non-hydrogen) atoms. The van der Waals surface area contributed by atoms with Gasteiger partial charge in [0.25, 0.3) is 5.91 Å². The molecule has 0 fully saturated rings. The number of alkyl halides is 3. The summed E-state index contributed by atoms with van der Waals surface area (Å²) in [4.78, 5) is 34.8. The summed E-state index contributed by atoms with van der Waals surface area (Å²) in [6.07, 6.45) is -0.162. The molecule has 3 N–H and O–H groups in total. The lowest BCUT2D eigenvalue weighted by molar-refractivity contribution is -0.137. The molecular formula is C21H14ClF3N8O2. The fraction of sp³-hybridized carbons (Fsp3) is 0.143. The number of hydrogen-bond donors (Lipinski definition) is 3. The number of carbonyl (C=O) groups excluding carboxylic acids is 1. The number of fused-ring (bicyclic) bond motifs is 1. The van der Waals surface area contributed by atoms with Crippen molar-refractivity contribution < 1.29 is 22.5 Å². The molecule has 4 aromatic heterocycles. The number of H-pyrrole nitrogens is 2. The average Bonchev–Trinajstić information content (AvgIpc) is 3.58. The van der Waals surface area contributed by atoms with Crippen molar-refractivity contribution in [3.63, 3.8) is 0 Å². The summed E-state index contributed by atoms with van der Waals surface area (Å²) in [5.41, 5.74) is 0.292. The van der Waals surface area contributed by atoms with Crippen LogP contribution in [-0.2, 0) is 6.18 Å². The molecule has 0 spiro atoms. The molecule has 1 atom stereocenters. The van der Waals surface area contributed by atoms with Gasteiger partial charge in [-0.2, -0.15) is 13.2 Å². The number of carbonyl (C=O) groups is 1. The third-order valence-electron chi connectivity index (χ3n) is 5.09. The van der Waals surface area contributed by atoms with E-state index in [9.17, 15) is 18.0 Å². The lowest BCUT2D eigenvalue weighted by Gasteiger charge is -2.11.